The van der Waals surface area contributed by atoms with Gasteiger partial charge in [-0.1, -0.05) is 22.9 Å². The number of hydrogen-bond donors (Lipinski definition) is 0. The topological polar surface area (TPSA) is 36.9 Å². The van der Waals surface area contributed by atoms with Gasteiger partial charge in [-0.3, -0.25) is 0 Å². The van der Waals surface area contributed by atoms with Crippen LogP contribution in [0.1, 0.15) is 18.2 Å². The fourth-order valence-corrected chi connectivity index (χ4v) is 1.92. The molecule has 1 aromatic heterocycles. The summed E-state index contributed by atoms with van der Waals surface area (Å²) in [5.41, 5.74) is 1.77. The molecule has 0 saturated heterocycles. The zero-order valence-electron chi connectivity index (χ0n) is 7.67. The zero-order valence-corrected chi connectivity index (χ0v) is 9.26. The third-order valence-corrected chi connectivity index (χ3v) is 2.70. The van der Waals surface area contributed by atoms with Crippen LogP contribution in [0.5, 0.6) is 0 Å². The minimum absolute atomic E-state index is 0.431. The Morgan fingerprint density at radius 1 is 1.50 bits per heavy atom. The van der Waals surface area contributed by atoms with E-state index in [0.29, 0.717) is 5.76 Å². The first-order chi connectivity index (χ1) is 6.76. The van der Waals surface area contributed by atoms with E-state index < -0.39 is 0 Å². The van der Waals surface area contributed by atoms with Gasteiger partial charge in [-0.05, 0) is 24.6 Å². The number of rotatable bonds is 1. The Labute approximate surface area is 90.3 Å². The van der Waals surface area contributed by atoms with E-state index in [2.05, 4.69) is 22.0 Å². The molecule has 0 N–H and O–H groups in total. The van der Waals surface area contributed by atoms with Crippen molar-refractivity contribution >= 4 is 26.9 Å². The van der Waals surface area contributed by atoms with Crippen LogP contribution in [0.4, 0.5) is 0 Å². The van der Waals surface area contributed by atoms with Crippen molar-refractivity contribution in [2.24, 2.45) is 0 Å². The summed E-state index contributed by atoms with van der Waals surface area (Å²) in [6, 6.07) is 7.84. The minimum atomic E-state index is 0.431. The van der Waals surface area contributed by atoms with Crippen LogP contribution in [0.15, 0.2) is 27.1 Å². The highest BCUT2D eigenvalue weighted by Crippen LogP contribution is 2.28. The lowest BCUT2D eigenvalue weighted by Gasteiger charge is -1.92. The Bertz CT molecular complexity index is 522. The number of fused-ring (bicyclic) bond motifs is 1. The Hall–Kier alpha value is -1.27. The fraction of sp³-hybridized carbons (Fsp3) is 0.182. The van der Waals surface area contributed by atoms with Gasteiger partial charge in [0.1, 0.15) is 11.7 Å². The van der Waals surface area contributed by atoms with Crippen LogP contribution in [-0.4, -0.2) is 0 Å². The Kier molecular flexibility index (Phi) is 2.30. The first kappa shape index (κ1) is 9.29. The number of furan rings is 1. The smallest absolute Gasteiger partial charge is 0.207 e. The molecule has 2 rings (SSSR count). The van der Waals surface area contributed by atoms with Crippen molar-refractivity contribution in [1.29, 1.82) is 5.26 Å². The second kappa shape index (κ2) is 3.47. The van der Waals surface area contributed by atoms with Gasteiger partial charge in [0.2, 0.25) is 5.76 Å². The molecule has 0 fully saturated rings. The van der Waals surface area contributed by atoms with Gasteiger partial charge in [0, 0.05) is 15.4 Å². The van der Waals surface area contributed by atoms with E-state index in [1.54, 1.807) is 0 Å². The molecular weight excluding hydrogens is 242 g/mol. The molecule has 0 spiro atoms. The van der Waals surface area contributed by atoms with Gasteiger partial charge in [-0.2, -0.15) is 5.26 Å². The summed E-state index contributed by atoms with van der Waals surface area (Å²) in [4.78, 5) is 0. The van der Waals surface area contributed by atoms with Crippen molar-refractivity contribution in [3.05, 3.63) is 34.0 Å². The van der Waals surface area contributed by atoms with Gasteiger partial charge < -0.3 is 4.42 Å². The molecule has 0 bridgehead atoms. The van der Waals surface area contributed by atoms with Crippen molar-refractivity contribution in [1.82, 2.24) is 0 Å². The molecule has 0 aliphatic rings. The molecule has 0 amide bonds. The molecule has 0 aliphatic heterocycles. The van der Waals surface area contributed by atoms with E-state index in [9.17, 15) is 0 Å². The second-order valence-electron chi connectivity index (χ2n) is 3.02. The van der Waals surface area contributed by atoms with Gasteiger partial charge in [0.25, 0.3) is 0 Å². The van der Waals surface area contributed by atoms with Gasteiger partial charge in [0.05, 0.1) is 0 Å². The van der Waals surface area contributed by atoms with Gasteiger partial charge in [0.15, 0.2) is 0 Å². The molecule has 2 aromatic rings. The average molecular weight is 250 g/mol. The molecule has 0 unspecified atom stereocenters. The van der Waals surface area contributed by atoms with Crippen molar-refractivity contribution in [3.63, 3.8) is 0 Å². The molecule has 2 nitrogen and oxygen atoms in total. The highest BCUT2D eigenvalue weighted by atomic mass is 79.9. The highest BCUT2D eigenvalue weighted by molar-refractivity contribution is 9.10. The van der Waals surface area contributed by atoms with E-state index in [1.807, 2.05) is 25.1 Å². The largest absolute Gasteiger partial charge is 0.445 e. The van der Waals surface area contributed by atoms with Crippen LogP contribution in [0, 0.1) is 11.3 Å². The molecule has 3 heteroatoms. The summed E-state index contributed by atoms with van der Waals surface area (Å²) in [5, 5.41) is 9.89. The number of hydrogen-bond acceptors (Lipinski definition) is 2. The van der Waals surface area contributed by atoms with Crippen LogP contribution in [0.3, 0.4) is 0 Å². The number of halogens is 1. The third kappa shape index (κ3) is 1.32. The average Bonchev–Trinajstić information content (AvgIpc) is 2.54. The van der Waals surface area contributed by atoms with E-state index >= 15 is 0 Å². The fourth-order valence-electron chi connectivity index (χ4n) is 1.56. The summed E-state index contributed by atoms with van der Waals surface area (Å²) in [6.07, 6.45) is 0.812. The van der Waals surface area contributed by atoms with E-state index in [1.165, 1.54) is 0 Å². The van der Waals surface area contributed by atoms with E-state index in [0.717, 1.165) is 27.4 Å². The van der Waals surface area contributed by atoms with Crippen molar-refractivity contribution in [3.8, 4) is 6.07 Å². The van der Waals surface area contributed by atoms with Crippen molar-refractivity contribution < 1.29 is 4.42 Å². The number of benzene rings is 1. The first-order valence-electron chi connectivity index (χ1n) is 4.37. The monoisotopic (exact) mass is 249 g/mol. The van der Waals surface area contributed by atoms with Gasteiger partial charge >= 0.3 is 0 Å². The lowest BCUT2D eigenvalue weighted by molar-refractivity contribution is 0.594. The summed E-state index contributed by atoms with van der Waals surface area (Å²) in [7, 11) is 0. The summed E-state index contributed by atoms with van der Waals surface area (Å²) < 4.78 is 6.42. The lowest BCUT2D eigenvalue weighted by atomic mass is 10.1. The van der Waals surface area contributed by atoms with Gasteiger partial charge in [-0.25, -0.2) is 0 Å². The molecule has 0 saturated carbocycles. The standard InChI is InChI=1S/C11H8BrNO/c1-2-8-9-5-7(12)3-4-10(9)14-11(8)6-13/h3-5H,2H2,1H3. The van der Waals surface area contributed by atoms with Crippen molar-refractivity contribution in [2.75, 3.05) is 0 Å². The first-order valence-corrected chi connectivity index (χ1v) is 5.16. The SMILES string of the molecule is CCc1c(C#N)oc2ccc(Br)cc12. The van der Waals surface area contributed by atoms with Crippen LogP contribution < -0.4 is 0 Å². The molecule has 1 heterocycles. The zero-order chi connectivity index (χ0) is 10.1. The second-order valence-corrected chi connectivity index (χ2v) is 3.93. The molecule has 0 radical (unpaired) electrons. The number of nitriles is 1. The highest BCUT2D eigenvalue weighted by Gasteiger charge is 2.11. The van der Waals surface area contributed by atoms with Crippen LogP contribution in [-0.2, 0) is 6.42 Å². The molecular formula is C11H8BrNO. The maximum Gasteiger partial charge on any atom is 0.207 e. The van der Waals surface area contributed by atoms with Crippen LogP contribution >= 0.6 is 15.9 Å². The molecule has 0 atom stereocenters. The third-order valence-electron chi connectivity index (χ3n) is 2.21. The summed E-state index contributed by atoms with van der Waals surface area (Å²) >= 11 is 3.40. The molecule has 1 aromatic carbocycles. The molecule has 70 valence electrons. The number of nitrogens with zero attached hydrogens (tertiary/aromatic N) is 1. The maximum absolute atomic E-state index is 8.86. The predicted octanol–water partition coefficient (Wildman–Crippen LogP) is 3.63. The quantitative estimate of drug-likeness (QED) is 0.774. The predicted molar refractivity (Wildman–Crippen MR) is 58.0 cm³/mol. The van der Waals surface area contributed by atoms with E-state index in [-0.39, 0.29) is 0 Å². The molecule has 0 aliphatic carbocycles. The lowest BCUT2D eigenvalue weighted by Crippen LogP contribution is -1.80. The summed E-state index contributed by atoms with van der Waals surface area (Å²) in [6.45, 7) is 2.02. The Balaban J connectivity index is 2.83. The van der Waals surface area contributed by atoms with Crippen LogP contribution in [0.2, 0.25) is 0 Å². The maximum atomic E-state index is 8.86. The Morgan fingerprint density at radius 2 is 2.29 bits per heavy atom. The minimum Gasteiger partial charge on any atom is -0.445 e. The summed E-state index contributed by atoms with van der Waals surface area (Å²) in [5.74, 6) is 0.431. The molecule has 14 heavy (non-hydrogen) atoms. The Morgan fingerprint density at radius 3 is 2.93 bits per heavy atom. The van der Waals surface area contributed by atoms with Gasteiger partial charge in [-0.15, -0.1) is 0 Å². The normalized spacial score (nSPS) is 10.4. The van der Waals surface area contributed by atoms with Crippen LogP contribution in [0.25, 0.3) is 11.0 Å². The number of aryl methyl sites for hydroxylation is 1. The van der Waals surface area contributed by atoms with E-state index in [4.69, 9.17) is 9.68 Å². The van der Waals surface area contributed by atoms with Crippen molar-refractivity contribution in [2.45, 2.75) is 13.3 Å².